The average Bonchev–Trinajstić information content (AvgIpc) is 2.62. The van der Waals surface area contributed by atoms with Crippen LogP contribution in [0.2, 0.25) is 0 Å². The van der Waals surface area contributed by atoms with E-state index in [-0.39, 0.29) is 12.0 Å². The molecule has 0 bridgehead atoms. The van der Waals surface area contributed by atoms with Gasteiger partial charge in [0.1, 0.15) is 5.75 Å². The highest BCUT2D eigenvalue weighted by Crippen LogP contribution is 2.18. The van der Waals surface area contributed by atoms with Crippen molar-refractivity contribution in [1.29, 1.82) is 0 Å². The van der Waals surface area contributed by atoms with Gasteiger partial charge in [-0.25, -0.2) is 4.79 Å². The van der Waals surface area contributed by atoms with Gasteiger partial charge in [0.2, 0.25) is 0 Å². The molecule has 0 saturated heterocycles. The first-order valence-corrected chi connectivity index (χ1v) is 8.43. The van der Waals surface area contributed by atoms with Crippen molar-refractivity contribution in [3.8, 4) is 5.75 Å². The van der Waals surface area contributed by atoms with Crippen molar-refractivity contribution in [2.24, 2.45) is 0 Å². The SMILES string of the molecule is CCOC(=O)c1cccc(NC(=S)N[C@H](C)c2ccc(OC)cc2)c1. The van der Waals surface area contributed by atoms with Gasteiger partial charge < -0.3 is 20.1 Å². The van der Waals surface area contributed by atoms with Gasteiger partial charge in [-0.2, -0.15) is 0 Å². The first-order valence-electron chi connectivity index (χ1n) is 8.02. The predicted octanol–water partition coefficient (Wildman–Crippen LogP) is 3.92. The van der Waals surface area contributed by atoms with Gasteiger partial charge >= 0.3 is 5.97 Å². The van der Waals surface area contributed by atoms with Crippen LogP contribution >= 0.6 is 12.2 Å². The highest BCUT2D eigenvalue weighted by molar-refractivity contribution is 7.80. The quantitative estimate of drug-likeness (QED) is 0.603. The van der Waals surface area contributed by atoms with Crippen LogP contribution in [0.3, 0.4) is 0 Å². The largest absolute Gasteiger partial charge is 0.497 e. The maximum atomic E-state index is 11.8. The molecule has 2 rings (SSSR count). The Labute approximate surface area is 153 Å². The number of benzene rings is 2. The lowest BCUT2D eigenvalue weighted by Crippen LogP contribution is -2.30. The Balaban J connectivity index is 1.97. The molecular formula is C19H22N2O3S. The zero-order valence-corrected chi connectivity index (χ0v) is 15.4. The molecule has 6 heteroatoms. The number of anilines is 1. The van der Waals surface area contributed by atoms with Gasteiger partial charge in [0.15, 0.2) is 5.11 Å². The van der Waals surface area contributed by atoms with Crippen LogP contribution in [-0.2, 0) is 4.74 Å². The van der Waals surface area contributed by atoms with Crippen LogP contribution in [0.4, 0.5) is 5.69 Å². The molecule has 0 radical (unpaired) electrons. The van der Waals surface area contributed by atoms with Gasteiger partial charge in [-0.3, -0.25) is 0 Å². The maximum absolute atomic E-state index is 11.8. The first kappa shape index (κ1) is 18.7. The van der Waals surface area contributed by atoms with E-state index in [1.165, 1.54) is 0 Å². The minimum atomic E-state index is -0.350. The Morgan fingerprint density at radius 1 is 1.20 bits per heavy atom. The van der Waals surface area contributed by atoms with Crippen LogP contribution in [0, 0.1) is 0 Å². The summed E-state index contributed by atoms with van der Waals surface area (Å²) in [5.74, 6) is 0.462. The van der Waals surface area contributed by atoms with Crippen molar-refractivity contribution in [2.75, 3.05) is 19.0 Å². The lowest BCUT2D eigenvalue weighted by molar-refractivity contribution is 0.0526. The molecule has 2 aromatic rings. The lowest BCUT2D eigenvalue weighted by atomic mass is 10.1. The second-order valence-corrected chi connectivity index (χ2v) is 5.80. The third-order valence-electron chi connectivity index (χ3n) is 3.59. The molecule has 5 nitrogen and oxygen atoms in total. The van der Waals surface area contributed by atoms with E-state index in [4.69, 9.17) is 21.7 Å². The summed E-state index contributed by atoms with van der Waals surface area (Å²) in [6.07, 6.45) is 0. The van der Waals surface area contributed by atoms with Crippen molar-refractivity contribution in [1.82, 2.24) is 5.32 Å². The first-order chi connectivity index (χ1) is 12.0. The van der Waals surface area contributed by atoms with E-state index in [1.54, 1.807) is 32.2 Å². The second kappa shape index (κ2) is 9.03. The standard InChI is InChI=1S/C19H22N2O3S/c1-4-24-18(22)15-6-5-7-16(12-15)21-19(25)20-13(2)14-8-10-17(23-3)11-9-14/h5-13H,4H2,1-3H3,(H2,20,21,25)/t13-/m1/s1. The molecule has 132 valence electrons. The number of methoxy groups -OCH3 is 1. The Hall–Kier alpha value is -2.60. The molecule has 0 unspecified atom stereocenters. The van der Waals surface area contributed by atoms with E-state index in [0.29, 0.717) is 17.3 Å². The molecule has 0 aromatic heterocycles. The second-order valence-electron chi connectivity index (χ2n) is 5.39. The molecule has 25 heavy (non-hydrogen) atoms. The molecule has 0 aliphatic carbocycles. The molecule has 0 spiro atoms. The van der Waals surface area contributed by atoms with Crippen LogP contribution in [-0.4, -0.2) is 24.8 Å². The third-order valence-corrected chi connectivity index (χ3v) is 3.81. The zero-order valence-electron chi connectivity index (χ0n) is 14.5. The molecule has 0 amide bonds. The number of thiocarbonyl (C=S) groups is 1. The van der Waals surface area contributed by atoms with Crippen LogP contribution < -0.4 is 15.4 Å². The number of hydrogen-bond acceptors (Lipinski definition) is 4. The molecule has 0 aliphatic heterocycles. The van der Waals surface area contributed by atoms with Crippen LogP contribution in [0.5, 0.6) is 5.75 Å². The number of esters is 1. The van der Waals surface area contributed by atoms with Crippen LogP contribution in [0.1, 0.15) is 35.8 Å². The fourth-order valence-corrected chi connectivity index (χ4v) is 2.57. The summed E-state index contributed by atoms with van der Waals surface area (Å²) in [6.45, 7) is 4.14. The number of rotatable bonds is 6. The molecule has 2 N–H and O–H groups in total. The summed E-state index contributed by atoms with van der Waals surface area (Å²) in [5, 5.41) is 6.79. The Kier molecular flexibility index (Phi) is 6.77. The minimum absolute atomic E-state index is 0.0270. The molecule has 1 atom stereocenters. The Bertz CT molecular complexity index is 732. The number of ether oxygens (including phenoxy) is 2. The van der Waals surface area contributed by atoms with E-state index in [1.807, 2.05) is 37.3 Å². The highest BCUT2D eigenvalue weighted by Gasteiger charge is 2.10. The normalized spacial score (nSPS) is 11.3. The van der Waals surface area contributed by atoms with Crippen molar-refractivity contribution < 1.29 is 14.3 Å². The van der Waals surface area contributed by atoms with Crippen molar-refractivity contribution in [3.63, 3.8) is 0 Å². The van der Waals surface area contributed by atoms with E-state index in [9.17, 15) is 4.79 Å². The molecule has 2 aromatic carbocycles. The highest BCUT2D eigenvalue weighted by atomic mass is 32.1. The number of carbonyl (C=O) groups is 1. The van der Waals surface area contributed by atoms with Crippen LogP contribution in [0.15, 0.2) is 48.5 Å². The summed E-state index contributed by atoms with van der Waals surface area (Å²) in [6, 6.07) is 14.9. The smallest absolute Gasteiger partial charge is 0.338 e. The van der Waals surface area contributed by atoms with Crippen molar-refractivity contribution in [2.45, 2.75) is 19.9 Å². The van der Waals surface area contributed by atoms with Gasteiger partial charge in [-0.05, 0) is 62.0 Å². The molecule has 0 saturated carbocycles. The maximum Gasteiger partial charge on any atom is 0.338 e. The van der Waals surface area contributed by atoms with E-state index < -0.39 is 0 Å². The van der Waals surface area contributed by atoms with Gasteiger partial charge in [-0.1, -0.05) is 18.2 Å². The van der Waals surface area contributed by atoms with E-state index in [0.717, 1.165) is 17.0 Å². The predicted molar refractivity (Wildman–Crippen MR) is 103 cm³/mol. The van der Waals surface area contributed by atoms with E-state index >= 15 is 0 Å². The summed E-state index contributed by atoms with van der Waals surface area (Å²) in [4.78, 5) is 11.8. The number of carbonyl (C=O) groups excluding carboxylic acids is 1. The Morgan fingerprint density at radius 3 is 2.56 bits per heavy atom. The lowest BCUT2D eigenvalue weighted by Gasteiger charge is -2.18. The van der Waals surface area contributed by atoms with Crippen molar-refractivity contribution >= 4 is 29.0 Å². The molecular weight excluding hydrogens is 336 g/mol. The average molecular weight is 358 g/mol. The van der Waals surface area contributed by atoms with Gasteiger partial charge in [0.25, 0.3) is 0 Å². The van der Waals surface area contributed by atoms with Gasteiger partial charge in [0, 0.05) is 5.69 Å². The molecule has 0 aliphatic rings. The minimum Gasteiger partial charge on any atom is -0.497 e. The third kappa shape index (κ3) is 5.46. The van der Waals surface area contributed by atoms with Gasteiger partial charge in [-0.15, -0.1) is 0 Å². The molecule has 0 heterocycles. The van der Waals surface area contributed by atoms with E-state index in [2.05, 4.69) is 10.6 Å². The fraction of sp³-hybridized carbons (Fsp3) is 0.263. The fourth-order valence-electron chi connectivity index (χ4n) is 2.28. The number of hydrogen-bond donors (Lipinski definition) is 2. The summed E-state index contributed by atoms with van der Waals surface area (Å²) in [7, 11) is 1.64. The number of nitrogens with one attached hydrogen (secondary N) is 2. The monoisotopic (exact) mass is 358 g/mol. The molecule has 0 fully saturated rings. The van der Waals surface area contributed by atoms with Crippen LogP contribution in [0.25, 0.3) is 0 Å². The summed E-state index contributed by atoms with van der Waals surface area (Å²) in [5.41, 5.74) is 2.30. The topological polar surface area (TPSA) is 59.6 Å². The van der Waals surface area contributed by atoms with Crippen molar-refractivity contribution in [3.05, 3.63) is 59.7 Å². The zero-order chi connectivity index (χ0) is 18.2. The Morgan fingerprint density at radius 2 is 1.92 bits per heavy atom. The summed E-state index contributed by atoms with van der Waals surface area (Å²) < 4.78 is 10.2. The summed E-state index contributed by atoms with van der Waals surface area (Å²) >= 11 is 5.36. The van der Waals surface area contributed by atoms with Gasteiger partial charge in [0.05, 0.1) is 25.3 Å².